The van der Waals surface area contributed by atoms with Gasteiger partial charge >= 0.3 is 0 Å². The van der Waals surface area contributed by atoms with Crippen molar-refractivity contribution in [2.75, 3.05) is 11.4 Å². The summed E-state index contributed by atoms with van der Waals surface area (Å²) >= 11 is 0. The smallest absolute Gasteiger partial charge is 0.204 e. The summed E-state index contributed by atoms with van der Waals surface area (Å²) in [6.07, 6.45) is 0.303. The lowest BCUT2D eigenvalue weighted by molar-refractivity contribution is 0.0602. The Labute approximate surface area is 161 Å². The molecule has 1 fully saturated rings. The average Bonchev–Trinajstić information content (AvgIpc) is 3.06. The molecule has 28 heavy (non-hydrogen) atoms. The maximum Gasteiger partial charge on any atom is 0.204 e. The second kappa shape index (κ2) is 5.95. The Kier molecular flexibility index (Phi) is 3.62. The molecule has 2 aliphatic rings. The highest BCUT2D eigenvalue weighted by atomic mass is 16.3. The van der Waals surface area contributed by atoms with Crippen molar-refractivity contribution in [1.82, 2.24) is 4.98 Å². The summed E-state index contributed by atoms with van der Waals surface area (Å²) in [5, 5.41) is 21.3. The van der Waals surface area contributed by atoms with Crippen LogP contribution >= 0.6 is 0 Å². The van der Waals surface area contributed by atoms with E-state index >= 15 is 0 Å². The van der Waals surface area contributed by atoms with Crippen molar-refractivity contribution in [1.29, 1.82) is 0 Å². The van der Waals surface area contributed by atoms with E-state index in [0.717, 1.165) is 22.2 Å². The predicted molar refractivity (Wildman–Crippen MR) is 107 cm³/mol. The number of fused-ring (bicyclic) bond motifs is 3. The third-order valence-corrected chi connectivity index (χ3v) is 5.53. The van der Waals surface area contributed by atoms with Crippen LogP contribution in [0.25, 0.3) is 10.9 Å². The van der Waals surface area contributed by atoms with Gasteiger partial charge in [0.1, 0.15) is 5.84 Å². The Bertz CT molecular complexity index is 1170. The molecule has 140 valence electrons. The van der Waals surface area contributed by atoms with Crippen LogP contribution in [0, 0.1) is 6.92 Å². The fourth-order valence-electron chi connectivity index (χ4n) is 4.01. The highest BCUT2D eigenvalue weighted by molar-refractivity contribution is 6.28. The number of nitrogens with zero attached hydrogens (tertiary/aromatic N) is 3. The highest BCUT2D eigenvalue weighted by Crippen LogP contribution is 2.40. The molecule has 0 unspecified atom stereocenters. The Morgan fingerprint density at radius 2 is 2.00 bits per heavy atom. The van der Waals surface area contributed by atoms with Crippen molar-refractivity contribution in [3.05, 3.63) is 65.4 Å². The molecule has 6 nitrogen and oxygen atoms in total. The van der Waals surface area contributed by atoms with Gasteiger partial charge in [0.2, 0.25) is 5.78 Å². The number of aryl methyl sites for hydroxylation is 1. The number of hydrogen-bond donors (Lipinski definition) is 2. The summed E-state index contributed by atoms with van der Waals surface area (Å²) < 4.78 is 0. The van der Waals surface area contributed by atoms with E-state index in [1.807, 2.05) is 48.2 Å². The quantitative estimate of drug-likeness (QED) is 0.721. The molecular formula is C22H19N3O3. The zero-order chi connectivity index (χ0) is 19.5. The van der Waals surface area contributed by atoms with Gasteiger partial charge in [-0.3, -0.25) is 9.78 Å². The Morgan fingerprint density at radius 3 is 2.82 bits per heavy atom. The number of carbonyl (C=O) groups is 1. The maximum atomic E-state index is 13.0. The minimum absolute atomic E-state index is 0.103. The summed E-state index contributed by atoms with van der Waals surface area (Å²) in [6, 6.07) is 15.0. The van der Waals surface area contributed by atoms with E-state index in [0.29, 0.717) is 35.7 Å². The number of aliphatic hydroxyl groups excluding tert-OH is 1. The number of rotatable bonds is 2. The first kappa shape index (κ1) is 17.0. The van der Waals surface area contributed by atoms with E-state index in [1.54, 1.807) is 12.1 Å². The van der Waals surface area contributed by atoms with Crippen LogP contribution in [0.5, 0.6) is 0 Å². The number of Topliss-reactive ketones (excluding diaryl/α,β-unsaturated/α-hetero) is 1. The van der Waals surface area contributed by atoms with Gasteiger partial charge in [-0.1, -0.05) is 17.7 Å². The van der Waals surface area contributed by atoms with Crippen LogP contribution in [0.2, 0.25) is 0 Å². The molecule has 0 radical (unpaired) electrons. The summed E-state index contributed by atoms with van der Waals surface area (Å²) in [5.74, 6) is 0.0990. The number of carbonyl (C=O) groups excluding carboxylic acids is 1. The molecule has 1 saturated heterocycles. The standard InChI is InChI=1S/C22H19N3O3/c1-13-2-6-19-17(10-13)20(27)22(28)8-9-25(21(22)24-19)16-5-7-18-14(11-16)3-4-15(12-26)23-18/h2-7,10-11,26,28H,8-9,12H2,1H3/t22-/m1/s1. The molecular weight excluding hydrogens is 354 g/mol. The van der Waals surface area contributed by atoms with Crippen molar-refractivity contribution in [2.24, 2.45) is 4.99 Å². The first-order valence-corrected chi connectivity index (χ1v) is 9.25. The summed E-state index contributed by atoms with van der Waals surface area (Å²) in [5.41, 5.74) is 2.70. The second-order valence-electron chi connectivity index (χ2n) is 7.38. The van der Waals surface area contributed by atoms with Gasteiger partial charge in [-0.2, -0.15) is 0 Å². The number of hydrogen-bond acceptors (Lipinski definition) is 6. The van der Waals surface area contributed by atoms with E-state index in [9.17, 15) is 15.0 Å². The van der Waals surface area contributed by atoms with Crippen LogP contribution in [0.4, 0.5) is 11.4 Å². The van der Waals surface area contributed by atoms with E-state index < -0.39 is 5.60 Å². The number of amidine groups is 1. The highest BCUT2D eigenvalue weighted by Gasteiger charge is 2.52. The molecule has 0 spiro atoms. The molecule has 1 aromatic heterocycles. The monoisotopic (exact) mass is 373 g/mol. The topological polar surface area (TPSA) is 86.0 Å². The Hall–Kier alpha value is -3.09. The molecule has 3 heterocycles. The van der Waals surface area contributed by atoms with E-state index in [1.165, 1.54) is 0 Å². The minimum Gasteiger partial charge on any atom is -0.390 e. The van der Waals surface area contributed by atoms with Crippen molar-refractivity contribution in [3.8, 4) is 0 Å². The number of anilines is 1. The molecule has 6 heteroatoms. The number of ketones is 1. The van der Waals surface area contributed by atoms with Gasteiger partial charge in [0.15, 0.2) is 5.60 Å². The number of pyridine rings is 1. The van der Waals surface area contributed by atoms with Gasteiger partial charge in [-0.05, 0) is 43.3 Å². The molecule has 0 amide bonds. The largest absolute Gasteiger partial charge is 0.390 e. The zero-order valence-electron chi connectivity index (χ0n) is 15.4. The van der Waals surface area contributed by atoms with Crippen LogP contribution in [0.1, 0.15) is 28.0 Å². The Balaban J connectivity index is 1.61. The molecule has 1 atom stereocenters. The van der Waals surface area contributed by atoms with Crippen LogP contribution in [-0.2, 0) is 6.61 Å². The number of aromatic nitrogens is 1. The molecule has 2 aliphatic heterocycles. The normalized spacial score (nSPS) is 20.9. The van der Waals surface area contributed by atoms with Crippen molar-refractivity contribution in [2.45, 2.75) is 25.6 Å². The number of aliphatic imine (C=N–C) groups is 1. The molecule has 2 aromatic carbocycles. The zero-order valence-corrected chi connectivity index (χ0v) is 15.4. The van der Waals surface area contributed by atoms with E-state index in [-0.39, 0.29) is 12.4 Å². The predicted octanol–water partition coefficient (Wildman–Crippen LogP) is 2.90. The number of benzene rings is 2. The lowest BCUT2D eigenvalue weighted by Gasteiger charge is -2.30. The minimum atomic E-state index is -1.59. The summed E-state index contributed by atoms with van der Waals surface area (Å²) in [4.78, 5) is 24.0. The Morgan fingerprint density at radius 1 is 1.14 bits per heavy atom. The third-order valence-electron chi connectivity index (χ3n) is 5.53. The molecule has 3 aromatic rings. The fraction of sp³-hybridized carbons (Fsp3) is 0.227. The van der Waals surface area contributed by atoms with Gasteiger partial charge in [0, 0.05) is 29.6 Å². The lowest BCUT2D eigenvalue weighted by Crippen LogP contribution is -2.48. The van der Waals surface area contributed by atoms with Crippen molar-refractivity contribution in [3.63, 3.8) is 0 Å². The molecule has 0 aliphatic carbocycles. The lowest BCUT2D eigenvalue weighted by atomic mass is 9.87. The first-order valence-electron chi connectivity index (χ1n) is 9.25. The molecule has 5 rings (SSSR count). The SMILES string of the molecule is Cc1ccc2c(c1)C(=O)[C@]1(O)CCN(c3ccc4nc(CO)ccc4c3)C1=N2. The van der Waals surface area contributed by atoms with Crippen LogP contribution < -0.4 is 4.90 Å². The molecule has 2 N–H and O–H groups in total. The van der Waals surface area contributed by atoms with Crippen molar-refractivity contribution >= 4 is 33.9 Å². The first-order chi connectivity index (χ1) is 13.5. The third kappa shape index (κ3) is 2.38. The second-order valence-corrected chi connectivity index (χ2v) is 7.38. The number of aliphatic hydroxyl groups is 2. The van der Waals surface area contributed by atoms with Crippen LogP contribution in [-0.4, -0.2) is 39.0 Å². The molecule has 0 bridgehead atoms. The van der Waals surface area contributed by atoms with Crippen LogP contribution in [0.3, 0.4) is 0 Å². The summed E-state index contributed by atoms with van der Waals surface area (Å²) in [6.45, 7) is 2.32. The fourth-order valence-corrected chi connectivity index (χ4v) is 4.01. The maximum absolute atomic E-state index is 13.0. The van der Waals surface area contributed by atoms with Gasteiger partial charge in [-0.15, -0.1) is 0 Å². The van der Waals surface area contributed by atoms with E-state index in [4.69, 9.17) is 0 Å². The van der Waals surface area contributed by atoms with Gasteiger partial charge in [-0.25, -0.2) is 4.99 Å². The summed E-state index contributed by atoms with van der Waals surface area (Å²) in [7, 11) is 0. The average molecular weight is 373 g/mol. The van der Waals surface area contributed by atoms with Gasteiger partial charge in [0.05, 0.1) is 23.5 Å². The van der Waals surface area contributed by atoms with E-state index in [2.05, 4.69) is 9.98 Å². The van der Waals surface area contributed by atoms with Crippen molar-refractivity contribution < 1.29 is 15.0 Å². The van der Waals surface area contributed by atoms with Gasteiger partial charge < -0.3 is 15.1 Å². The van der Waals surface area contributed by atoms with Gasteiger partial charge in [0.25, 0.3) is 0 Å². The van der Waals surface area contributed by atoms with Crippen LogP contribution in [0.15, 0.2) is 53.5 Å². The molecule has 0 saturated carbocycles.